The van der Waals surface area contributed by atoms with Gasteiger partial charge < -0.3 is 35.4 Å². The molecule has 370 valence electrons. The third kappa shape index (κ3) is 9.62. The van der Waals surface area contributed by atoms with E-state index in [-0.39, 0.29) is 48.2 Å². The number of halogens is 2. The molecule has 4 N–H and O–H groups in total. The molecule has 1 atom stereocenters. The van der Waals surface area contributed by atoms with Gasteiger partial charge in [0.15, 0.2) is 29.7 Å². The number of fused-ring (bicyclic) bond motifs is 1. The lowest BCUT2D eigenvalue weighted by Crippen LogP contribution is -2.50. The molecule has 4 aliphatic heterocycles. The monoisotopic (exact) mass is 964 g/mol. The van der Waals surface area contributed by atoms with E-state index in [1.807, 2.05) is 36.2 Å². The van der Waals surface area contributed by atoms with Crippen molar-refractivity contribution in [3.8, 4) is 17.5 Å². The molecule has 4 saturated heterocycles. The molecule has 5 aliphatic rings. The van der Waals surface area contributed by atoms with Crippen LogP contribution < -0.4 is 26.2 Å². The molecule has 0 bridgehead atoms. The number of hydrogen-bond acceptors (Lipinski definition) is 16. The van der Waals surface area contributed by atoms with Gasteiger partial charge in [0.1, 0.15) is 29.6 Å². The van der Waals surface area contributed by atoms with Crippen LogP contribution in [0.3, 0.4) is 0 Å². The average Bonchev–Trinajstić information content (AvgIpc) is 3.96. The Hall–Kier alpha value is -7.04. The summed E-state index contributed by atoms with van der Waals surface area (Å²) in [7, 11) is 0. The number of anilines is 4. The van der Waals surface area contributed by atoms with E-state index < -0.39 is 29.7 Å². The summed E-state index contributed by atoms with van der Waals surface area (Å²) < 4.78 is 39.8. The quantitative estimate of drug-likeness (QED) is 0.161. The normalized spacial score (nSPS) is 19.8. The molecule has 1 unspecified atom stereocenters. The number of carbonyl (C=O) groups excluding carboxylic acids is 4. The van der Waals surface area contributed by atoms with Gasteiger partial charge >= 0.3 is 6.09 Å². The fourth-order valence-electron chi connectivity index (χ4n) is 9.92. The highest BCUT2D eigenvalue weighted by atomic mass is 19.1. The van der Waals surface area contributed by atoms with Gasteiger partial charge in [-0.1, -0.05) is 0 Å². The molecular weight excluding hydrogens is 907 g/mol. The zero-order chi connectivity index (χ0) is 48.8. The summed E-state index contributed by atoms with van der Waals surface area (Å²) >= 11 is 0. The summed E-state index contributed by atoms with van der Waals surface area (Å²) in [6, 6.07) is 1.63. The third-order valence-electron chi connectivity index (χ3n) is 13.9. The van der Waals surface area contributed by atoms with Crippen molar-refractivity contribution in [1.29, 1.82) is 0 Å². The number of likely N-dealkylation sites (tertiary alicyclic amines) is 1. The lowest BCUT2D eigenvalue weighted by atomic mass is 9.96. The number of benzene rings is 1. The first-order valence-corrected chi connectivity index (χ1v) is 24.1. The molecule has 21 nitrogen and oxygen atoms in total. The first kappa shape index (κ1) is 46.7. The molecule has 1 saturated carbocycles. The topological polar surface area (TPSA) is 231 Å². The zero-order valence-electron chi connectivity index (χ0n) is 39.6. The second-order valence-corrected chi connectivity index (χ2v) is 19.8. The van der Waals surface area contributed by atoms with Crippen LogP contribution in [0.1, 0.15) is 70.9 Å². The minimum atomic E-state index is -0.745. The predicted octanol–water partition coefficient (Wildman–Crippen LogP) is 3.50. The summed E-state index contributed by atoms with van der Waals surface area (Å²) in [5, 5.41) is 10.7. The van der Waals surface area contributed by atoms with E-state index >= 15 is 8.78 Å². The Bertz CT molecular complexity index is 2760. The number of carbonyl (C=O) groups is 4. The van der Waals surface area contributed by atoms with Gasteiger partial charge in [0, 0.05) is 102 Å². The van der Waals surface area contributed by atoms with Crippen LogP contribution in [0.4, 0.5) is 36.5 Å². The summed E-state index contributed by atoms with van der Waals surface area (Å²) in [6.07, 6.45) is 10.4. The Morgan fingerprint density at radius 3 is 2.17 bits per heavy atom. The second kappa shape index (κ2) is 19.0. The number of rotatable bonds is 11. The third-order valence-corrected chi connectivity index (χ3v) is 13.9. The van der Waals surface area contributed by atoms with Crippen molar-refractivity contribution < 1.29 is 32.7 Å². The van der Waals surface area contributed by atoms with Crippen molar-refractivity contribution in [2.24, 2.45) is 5.92 Å². The van der Waals surface area contributed by atoms with Crippen molar-refractivity contribution in [3.05, 3.63) is 54.4 Å². The zero-order valence-corrected chi connectivity index (χ0v) is 39.6. The number of piperazine rings is 2. The fourth-order valence-corrected chi connectivity index (χ4v) is 9.92. The van der Waals surface area contributed by atoms with E-state index in [4.69, 9.17) is 30.5 Å². The Labute approximate surface area is 402 Å². The average molecular weight is 965 g/mol. The molecule has 70 heavy (non-hydrogen) atoms. The Morgan fingerprint density at radius 1 is 0.829 bits per heavy atom. The van der Waals surface area contributed by atoms with Crippen LogP contribution >= 0.6 is 0 Å². The van der Waals surface area contributed by atoms with Gasteiger partial charge in [-0.05, 0) is 70.9 Å². The van der Waals surface area contributed by atoms with Crippen molar-refractivity contribution in [2.45, 2.75) is 76.8 Å². The standard InChI is InChI=1S/C47H58F2N16O5/c1-47(2,3)65-42-38(41(50)54-27-55-42)39(58-65)43-51-24-35(29-4-5-29)64(43)45-52-22-31(23-53-45)60-16-18-63(19-17-60)46(69)70-26-37(67)61-10-8-28(9-11-61)25-59-12-14-62(15-13-59)40-32(48)20-30(21-33(40)49)56-34-6-7-36(66)57-44(34)68/h20-24,27-29,34,56H,4-19,25-26H2,1-3H3,(H2,50,54,55)(H,57,66,68). The highest BCUT2D eigenvalue weighted by Gasteiger charge is 2.35. The largest absolute Gasteiger partial charge is 0.439 e. The van der Waals surface area contributed by atoms with Crippen LogP contribution in [0.2, 0.25) is 0 Å². The SMILES string of the molecule is CC(C)(C)n1nc(-c2ncc(C3CC3)n2-c2ncc(N3CCN(C(=O)OCC(=O)N4CCC(CN5CCN(c6c(F)cc(NC7CCC(=O)NC7=O)cc6F)CC5)CC4)CC3)cn2)c2c(N)ncnc21. The number of ether oxygens (including phenoxy) is 1. The molecule has 8 heterocycles. The highest BCUT2D eigenvalue weighted by Crippen LogP contribution is 2.43. The Balaban J connectivity index is 0.666. The van der Waals surface area contributed by atoms with E-state index in [1.54, 1.807) is 27.1 Å². The molecule has 23 heteroatoms. The van der Waals surface area contributed by atoms with Crippen LogP contribution in [-0.2, 0) is 24.7 Å². The maximum absolute atomic E-state index is 15.3. The molecule has 4 amide bonds. The summed E-state index contributed by atoms with van der Waals surface area (Å²) in [5.74, 6) is -0.520. The summed E-state index contributed by atoms with van der Waals surface area (Å²) in [4.78, 5) is 82.6. The molecule has 5 fully saturated rings. The Kier molecular flexibility index (Phi) is 12.7. The number of nitrogens with one attached hydrogen (secondary N) is 2. The van der Waals surface area contributed by atoms with Crippen LogP contribution in [0, 0.1) is 17.6 Å². The van der Waals surface area contributed by atoms with Gasteiger partial charge in [0.25, 0.3) is 5.91 Å². The van der Waals surface area contributed by atoms with E-state index in [1.165, 1.54) is 18.5 Å². The van der Waals surface area contributed by atoms with Crippen molar-refractivity contribution in [1.82, 2.24) is 59.3 Å². The van der Waals surface area contributed by atoms with Crippen molar-refractivity contribution in [2.75, 3.05) is 99.4 Å². The van der Waals surface area contributed by atoms with Crippen molar-refractivity contribution >= 4 is 57.7 Å². The number of imidazole rings is 1. The minimum Gasteiger partial charge on any atom is -0.439 e. The molecule has 4 aromatic heterocycles. The van der Waals surface area contributed by atoms with E-state index in [0.29, 0.717) is 112 Å². The molecule has 0 spiro atoms. The van der Waals surface area contributed by atoms with Crippen LogP contribution in [0.15, 0.2) is 37.1 Å². The van der Waals surface area contributed by atoms with Gasteiger partial charge in [0.2, 0.25) is 17.8 Å². The van der Waals surface area contributed by atoms with Gasteiger partial charge in [-0.15, -0.1) is 0 Å². The summed E-state index contributed by atoms with van der Waals surface area (Å²) in [6.45, 7) is 11.8. The number of nitrogen functional groups attached to an aromatic ring is 1. The van der Waals surface area contributed by atoms with Gasteiger partial charge in [-0.2, -0.15) is 5.10 Å². The number of hydrogen-bond donors (Lipinski definition) is 3. The van der Waals surface area contributed by atoms with Gasteiger partial charge in [-0.3, -0.25) is 29.2 Å². The van der Waals surface area contributed by atoms with Gasteiger partial charge in [0.05, 0.1) is 29.0 Å². The number of nitrogens with zero attached hydrogens (tertiary/aromatic N) is 13. The van der Waals surface area contributed by atoms with Crippen LogP contribution in [-0.4, -0.2) is 162 Å². The second-order valence-electron chi connectivity index (χ2n) is 19.8. The smallest absolute Gasteiger partial charge is 0.410 e. The van der Waals surface area contributed by atoms with Crippen LogP contribution in [0.25, 0.3) is 28.5 Å². The summed E-state index contributed by atoms with van der Waals surface area (Å²) in [5.41, 5.74) is 9.07. The number of aromatic nitrogens is 8. The molecule has 1 aromatic carbocycles. The van der Waals surface area contributed by atoms with E-state index in [2.05, 4.69) is 30.4 Å². The number of imide groups is 1. The number of nitrogens with two attached hydrogens (primary N) is 1. The first-order chi connectivity index (χ1) is 33.7. The van der Waals surface area contributed by atoms with Crippen LogP contribution in [0.5, 0.6) is 0 Å². The minimum absolute atomic E-state index is 0.0943. The molecule has 10 rings (SSSR count). The lowest BCUT2D eigenvalue weighted by Gasteiger charge is -2.39. The highest BCUT2D eigenvalue weighted by molar-refractivity contribution is 6.01. The molecule has 0 radical (unpaired) electrons. The van der Waals surface area contributed by atoms with Crippen molar-refractivity contribution in [3.63, 3.8) is 0 Å². The van der Waals surface area contributed by atoms with E-state index in [0.717, 1.165) is 43.6 Å². The first-order valence-electron chi connectivity index (χ1n) is 24.1. The van der Waals surface area contributed by atoms with Gasteiger partial charge in [-0.25, -0.2) is 43.2 Å². The maximum Gasteiger partial charge on any atom is 0.410 e. The Morgan fingerprint density at radius 2 is 1.51 bits per heavy atom. The molecular formula is C47H58F2N16O5. The maximum atomic E-state index is 15.3. The van der Waals surface area contributed by atoms with E-state index in [9.17, 15) is 19.2 Å². The predicted molar refractivity (Wildman–Crippen MR) is 254 cm³/mol. The molecule has 1 aliphatic carbocycles. The number of amides is 4. The molecule has 5 aromatic rings. The fraction of sp³-hybridized carbons (Fsp3) is 0.532. The lowest BCUT2D eigenvalue weighted by molar-refractivity contribution is -0.136. The number of piperidine rings is 2.